The van der Waals surface area contributed by atoms with Crippen LogP contribution in [0.2, 0.25) is 0 Å². The first kappa shape index (κ1) is 19.8. The summed E-state index contributed by atoms with van der Waals surface area (Å²) in [5.41, 5.74) is 3.48. The third kappa shape index (κ3) is 3.11. The molecule has 0 aliphatic carbocycles. The van der Waals surface area contributed by atoms with E-state index in [4.69, 9.17) is 10.5 Å². The molecule has 2 N–H and O–H groups in total. The Hall–Kier alpha value is -2.95. The number of fused-ring (bicyclic) bond motifs is 1. The lowest BCUT2D eigenvalue weighted by Crippen LogP contribution is -2.22. The second kappa shape index (κ2) is 7.23. The van der Waals surface area contributed by atoms with Crippen molar-refractivity contribution in [3.05, 3.63) is 61.9 Å². The zero-order chi connectivity index (χ0) is 20.7. The van der Waals surface area contributed by atoms with Crippen LogP contribution in [0.4, 0.5) is 23.4 Å². The second-order valence-electron chi connectivity index (χ2n) is 5.51. The molecule has 0 radical (unpaired) electrons. The van der Waals surface area contributed by atoms with Gasteiger partial charge in [0.2, 0.25) is 5.43 Å². The van der Waals surface area contributed by atoms with Crippen molar-refractivity contribution >= 4 is 38.6 Å². The number of hydrogen-bond donors (Lipinski definition) is 1. The molecule has 0 atom stereocenters. The van der Waals surface area contributed by atoms with Gasteiger partial charge in [-0.1, -0.05) is 0 Å². The molecule has 0 spiro atoms. The van der Waals surface area contributed by atoms with Gasteiger partial charge in [0.1, 0.15) is 5.56 Å². The number of carbonyl (C=O) groups is 1. The first-order valence-electron chi connectivity index (χ1n) is 7.69. The van der Waals surface area contributed by atoms with Crippen molar-refractivity contribution in [1.29, 1.82) is 0 Å². The van der Waals surface area contributed by atoms with Gasteiger partial charge in [0.15, 0.2) is 34.9 Å². The van der Waals surface area contributed by atoms with Crippen LogP contribution in [0.1, 0.15) is 17.3 Å². The number of nitrogen functional groups attached to an aromatic ring is 1. The summed E-state index contributed by atoms with van der Waals surface area (Å²) in [7, 11) is 0. The van der Waals surface area contributed by atoms with E-state index in [1.54, 1.807) is 0 Å². The fourth-order valence-electron chi connectivity index (χ4n) is 2.55. The number of aromatic nitrogens is 2. The number of ether oxygens (including phenoxy) is 1. The number of pyridine rings is 2. The van der Waals surface area contributed by atoms with Gasteiger partial charge < -0.3 is 10.5 Å². The third-order valence-corrected chi connectivity index (χ3v) is 4.51. The van der Waals surface area contributed by atoms with Crippen LogP contribution in [-0.2, 0) is 4.74 Å². The molecule has 2 heterocycles. The second-order valence-corrected chi connectivity index (χ2v) is 6.30. The van der Waals surface area contributed by atoms with Crippen LogP contribution in [0.25, 0.3) is 16.7 Å². The fraction of sp³-hybridized carbons (Fsp3) is 0.118. The molecule has 11 heteroatoms. The Labute approximate surface area is 162 Å². The van der Waals surface area contributed by atoms with Gasteiger partial charge in [0.25, 0.3) is 0 Å². The van der Waals surface area contributed by atoms with Crippen molar-refractivity contribution in [2.24, 2.45) is 0 Å². The number of nitrogens with zero attached hydrogens (tertiary/aromatic N) is 2. The molecular formula is C17H10BrF4N3O3. The van der Waals surface area contributed by atoms with E-state index in [2.05, 4.69) is 20.9 Å². The lowest BCUT2D eigenvalue weighted by atomic mass is 10.1. The largest absolute Gasteiger partial charge is 0.462 e. The molecule has 2 aromatic heterocycles. The molecule has 6 nitrogen and oxygen atoms in total. The maximum absolute atomic E-state index is 14.4. The predicted molar refractivity (Wildman–Crippen MR) is 95.2 cm³/mol. The van der Waals surface area contributed by atoms with Crippen molar-refractivity contribution in [2.75, 3.05) is 12.3 Å². The zero-order valence-electron chi connectivity index (χ0n) is 14.0. The van der Waals surface area contributed by atoms with E-state index in [-0.39, 0.29) is 12.1 Å². The lowest BCUT2D eigenvalue weighted by Gasteiger charge is -2.15. The summed E-state index contributed by atoms with van der Waals surface area (Å²) in [6.07, 6.45) is 0.841. The van der Waals surface area contributed by atoms with Crippen LogP contribution in [0.3, 0.4) is 0 Å². The SMILES string of the molecule is CCOC(=O)c1cn(-c2nc(N)c(F)cc2F)c2c(Br)c(F)c(F)cc2c1=O. The Morgan fingerprint density at radius 1 is 1.21 bits per heavy atom. The number of carbonyl (C=O) groups excluding carboxylic acids is 1. The average Bonchev–Trinajstić information content (AvgIpc) is 2.64. The van der Waals surface area contributed by atoms with E-state index in [0.29, 0.717) is 12.1 Å². The van der Waals surface area contributed by atoms with Crippen molar-refractivity contribution in [3.8, 4) is 5.82 Å². The maximum Gasteiger partial charge on any atom is 0.343 e. The van der Waals surface area contributed by atoms with E-state index in [1.807, 2.05) is 0 Å². The zero-order valence-corrected chi connectivity index (χ0v) is 15.6. The Morgan fingerprint density at radius 3 is 2.54 bits per heavy atom. The standard InChI is InChI=1S/C17H10BrF4N3O3/c1-2-28-17(27)7-5-25(16-10(21)4-9(20)15(23)24-16)13-6(14(7)26)3-8(19)12(22)11(13)18/h3-5H,2H2,1H3,(H2,23,24). The van der Waals surface area contributed by atoms with Crippen LogP contribution in [-0.4, -0.2) is 22.1 Å². The minimum atomic E-state index is -1.38. The van der Waals surface area contributed by atoms with Crippen LogP contribution in [0, 0.1) is 23.3 Å². The molecule has 1 aromatic carbocycles. The Morgan fingerprint density at radius 2 is 1.89 bits per heavy atom. The molecule has 28 heavy (non-hydrogen) atoms. The molecule has 3 rings (SSSR count). The fourth-order valence-corrected chi connectivity index (χ4v) is 3.15. The number of benzene rings is 1. The normalized spacial score (nSPS) is 11.1. The van der Waals surface area contributed by atoms with Crippen LogP contribution < -0.4 is 11.2 Å². The topological polar surface area (TPSA) is 87.2 Å². The van der Waals surface area contributed by atoms with E-state index in [0.717, 1.165) is 10.8 Å². The van der Waals surface area contributed by atoms with Crippen molar-refractivity contribution in [2.45, 2.75) is 6.92 Å². The molecule has 0 amide bonds. The number of anilines is 1. The predicted octanol–water partition coefficient (Wildman–Crippen LogP) is 3.46. The van der Waals surface area contributed by atoms with Crippen LogP contribution in [0.5, 0.6) is 0 Å². The van der Waals surface area contributed by atoms with Gasteiger partial charge >= 0.3 is 5.97 Å². The molecule has 0 bridgehead atoms. The molecular weight excluding hydrogens is 450 g/mol. The summed E-state index contributed by atoms with van der Waals surface area (Å²) >= 11 is 2.82. The van der Waals surface area contributed by atoms with Gasteiger partial charge in [-0.15, -0.1) is 0 Å². The molecule has 146 valence electrons. The number of esters is 1. The number of rotatable bonds is 3. The highest BCUT2D eigenvalue weighted by Gasteiger charge is 2.24. The highest BCUT2D eigenvalue weighted by molar-refractivity contribution is 9.10. The highest BCUT2D eigenvalue weighted by atomic mass is 79.9. The van der Waals surface area contributed by atoms with Crippen molar-refractivity contribution in [3.63, 3.8) is 0 Å². The van der Waals surface area contributed by atoms with Gasteiger partial charge in [0, 0.05) is 12.3 Å². The van der Waals surface area contributed by atoms with Crippen LogP contribution >= 0.6 is 15.9 Å². The minimum absolute atomic E-state index is 0.0755. The molecule has 0 saturated carbocycles. The Kier molecular flexibility index (Phi) is 5.11. The van der Waals surface area contributed by atoms with Crippen LogP contribution in [0.15, 0.2) is 27.6 Å². The van der Waals surface area contributed by atoms with E-state index in [9.17, 15) is 27.2 Å². The van der Waals surface area contributed by atoms with Gasteiger partial charge in [-0.05, 0) is 28.9 Å². The summed E-state index contributed by atoms with van der Waals surface area (Å²) in [6.45, 7) is 1.42. The molecule has 0 aliphatic rings. The number of nitrogens with two attached hydrogens (primary N) is 1. The maximum atomic E-state index is 14.4. The molecule has 0 fully saturated rings. The highest BCUT2D eigenvalue weighted by Crippen LogP contribution is 2.30. The minimum Gasteiger partial charge on any atom is -0.462 e. The lowest BCUT2D eigenvalue weighted by molar-refractivity contribution is 0.0524. The Balaban J connectivity index is 2.52. The summed E-state index contributed by atoms with van der Waals surface area (Å²) in [6, 6.07) is 0.987. The molecule has 3 aromatic rings. The quantitative estimate of drug-likeness (QED) is 0.368. The molecule has 0 unspecified atom stereocenters. The molecule has 0 saturated heterocycles. The molecule has 0 aliphatic heterocycles. The monoisotopic (exact) mass is 459 g/mol. The van der Waals surface area contributed by atoms with Gasteiger partial charge in [-0.2, -0.15) is 0 Å². The van der Waals surface area contributed by atoms with Gasteiger partial charge in [-0.3, -0.25) is 9.36 Å². The third-order valence-electron chi connectivity index (χ3n) is 3.79. The number of halogens is 5. The van der Waals surface area contributed by atoms with Gasteiger partial charge in [-0.25, -0.2) is 27.3 Å². The Bertz CT molecular complexity index is 1200. The van der Waals surface area contributed by atoms with E-state index >= 15 is 0 Å². The number of hydrogen-bond acceptors (Lipinski definition) is 5. The summed E-state index contributed by atoms with van der Waals surface area (Å²) < 4.78 is 60.9. The van der Waals surface area contributed by atoms with Gasteiger partial charge in [0.05, 0.1) is 22.0 Å². The summed E-state index contributed by atoms with van der Waals surface area (Å²) in [5.74, 6) is -7.49. The van der Waals surface area contributed by atoms with Crippen molar-refractivity contribution < 1.29 is 27.1 Å². The summed E-state index contributed by atoms with van der Waals surface area (Å²) in [4.78, 5) is 28.3. The van der Waals surface area contributed by atoms with Crippen molar-refractivity contribution in [1.82, 2.24) is 9.55 Å². The van der Waals surface area contributed by atoms with E-state index in [1.165, 1.54) is 6.92 Å². The van der Waals surface area contributed by atoms with E-state index < -0.39 is 61.7 Å². The first-order valence-corrected chi connectivity index (χ1v) is 8.48. The first-order chi connectivity index (χ1) is 13.2. The summed E-state index contributed by atoms with van der Waals surface area (Å²) in [5, 5.41) is -0.458. The average molecular weight is 460 g/mol. The smallest absolute Gasteiger partial charge is 0.343 e.